The topological polar surface area (TPSA) is 110 Å². The highest BCUT2D eigenvalue weighted by Gasteiger charge is 2.24. The van der Waals surface area contributed by atoms with Gasteiger partial charge in [-0.2, -0.15) is 5.10 Å². The number of aromatic nitrogens is 4. The minimum atomic E-state index is -0.340. The van der Waals surface area contributed by atoms with Crippen LogP contribution in [0.25, 0.3) is 21.9 Å². The fourth-order valence-corrected chi connectivity index (χ4v) is 5.84. The quantitative estimate of drug-likeness (QED) is 0.360. The van der Waals surface area contributed by atoms with Gasteiger partial charge in [0.25, 0.3) is 0 Å². The van der Waals surface area contributed by atoms with Gasteiger partial charge in [-0.15, -0.1) is 0 Å². The van der Waals surface area contributed by atoms with Crippen LogP contribution in [0.3, 0.4) is 0 Å². The van der Waals surface area contributed by atoms with Crippen LogP contribution in [0.2, 0.25) is 0 Å². The van der Waals surface area contributed by atoms with E-state index < -0.39 is 0 Å². The number of ether oxygens (including phenoxy) is 2. The number of pyridine rings is 2. The first-order chi connectivity index (χ1) is 20.5. The summed E-state index contributed by atoms with van der Waals surface area (Å²) in [7, 11) is 0. The number of anilines is 3. The van der Waals surface area contributed by atoms with Gasteiger partial charge < -0.3 is 25.0 Å². The van der Waals surface area contributed by atoms with Gasteiger partial charge in [0.2, 0.25) is 11.8 Å². The van der Waals surface area contributed by atoms with Crippen LogP contribution in [0.15, 0.2) is 36.7 Å². The van der Waals surface area contributed by atoms with E-state index in [1.165, 1.54) is 6.07 Å². The van der Waals surface area contributed by atoms with E-state index in [0.717, 1.165) is 61.6 Å². The average molecular weight is 573 g/mol. The maximum Gasteiger partial charge on any atom is 0.244 e. The molecule has 11 nitrogen and oxygen atoms in total. The maximum atomic E-state index is 15.3. The third-order valence-corrected chi connectivity index (χ3v) is 8.23. The predicted octanol–water partition coefficient (Wildman–Crippen LogP) is 3.21. The first-order valence-electron chi connectivity index (χ1n) is 14.4. The van der Waals surface area contributed by atoms with Crippen molar-refractivity contribution in [2.45, 2.75) is 19.9 Å². The summed E-state index contributed by atoms with van der Waals surface area (Å²) < 4.78 is 28.1. The second kappa shape index (κ2) is 11.2. The molecule has 6 heterocycles. The number of halogens is 1. The molecular formula is C30H33FN8O3. The molecular weight excluding hydrogens is 539 g/mol. The van der Waals surface area contributed by atoms with Crippen LogP contribution in [0.1, 0.15) is 11.3 Å². The van der Waals surface area contributed by atoms with E-state index in [0.29, 0.717) is 60.3 Å². The molecule has 1 aromatic carbocycles. The number of amides is 1. The molecule has 0 aliphatic carbocycles. The van der Waals surface area contributed by atoms with E-state index in [2.05, 4.69) is 30.6 Å². The van der Waals surface area contributed by atoms with Crippen molar-refractivity contribution in [2.24, 2.45) is 0 Å². The molecule has 0 bridgehead atoms. The zero-order chi connectivity index (χ0) is 28.6. The molecule has 0 atom stereocenters. The fraction of sp³-hybridized carbons (Fsp3) is 0.400. The van der Waals surface area contributed by atoms with E-state index in [1.54, 1.807) is 17.1 Å². The van der Waals surface area contributed by atoms with Crippen LogP contribution in [-0.2, 0) is 22.5 Å². The molecule has 1 amide bonds. The molecule has 1 fully saturated rings. The summed E-state index contributed by atoms with van der Waals surface area (Å²) in [6.07, 6.45) is 4.04. The zero-order valence-corrected chi connectivity index (χ0v) is 23.5. The lowest BCUT2D eigenvalue weighted by atomic mass is 9.98. The SMILES string of the molecule is Cc1c(-c2cc3cc(Nc4cc5n(n4)CC(=O)N(CCN4CCOCC4)CC5)ncc3cc2F)cnc2c1NCCO2. The number of hydrogen-bond donors (Lipinski definition) is 2. The zero-order valence-electron chi connectivity index (χ0n) is 23.5. The molecule has 4 aromatic rings. The summed E-state index contributed by atoms with van der Waals surface area (Å²) in [5.41, 5.74) is 3.86. The summed E-state index contributed by atoms with van der Waals surface area (Å²) in [6.45, 7) is 8.94. The molecule has 218 valence electrons. The lowest BCUT2D eigenvalue weighted by Gasteiger charge is -2.29. The normalized spacial score (nSPS) is 17.3. The standard InChI is InChI=1S/C30H33FN8O3/c1-19-24(17-34-30-29(19)32-3-9-42-30)23-12-20-14-26(33-16-21(20)13-25(23)31)35-27-15-22-2-4-38(28(40)18-39(22)36-27)6-5-37-7-10-41-11-8-37/h12-17,32H,2-11,18H2,1H3,(H,33,35,36). The van der Waals surface area contributed by atoms with Gasteiger partial charge in [-0.25, -0.2) is 14.4 Å². The Kier molecular flexibility index (Phi) is 7.08. The summed E-state index contributed by atoms with van der Waals surface area (Å²) in [5.74, 6) is 1.48. The van der Waals surface area contributed by atoms with Crippen molar-refractivity contribution in [1.82, 2.24) is 29.5 Å². The van der Waals surface area contributed by atoms with Gasteiger partial charge in [0.05, 0.1) is 13.2 Å². The van der Waals surface area contributed by atoms with Crippen LogP contribution < -0.4 is 15.4 Å². The minimum Gasteiger partial charge on any atom is -0.474 e. The second-order valence-electron chi connectivity index (χ2n) is 10.9. The molecule has 3 aliphatic rings. The minimum absolute atomic E-state index is 0.0729. The van der Waals surface area contributed by atoms with Gasteiger partial charge in [-0.05, 0) is 36.1 Å². The Balaban J connectivity index is 1.08. The Morgan fingerprint density at radius 1 is 0.976 bits per heavy atom. The number of carbonyl (C=O) groups is 1. The van der Waals surface area contributed by atoms with E-state index >= 15 is 4.39 Å². The predicted molar refractivity (Wildman–Crippen MR) is 157 cm³/mol. The van der Waals surface area contributed by atoms with Crippen molar-refractivity contribution in [1.29, 1.82) is 0 Å². The molecule has 0 radical (unpaired) electrons. The van der Waals surface area contributed by atoms with Gasteiger partial charge in [0.1, 0.15) is 30.5 Å². The molecule has 12 heteroatoms. The van der Waals surface area contributed by atoms with Crippen molar-refractivity contribution in [3.8, 4) is 17.0 Å². The van der Waals surface area contributed by atoms with Crippen molar-refractivity contribution < 1.29 is 18.7 Å². The van der Waals surface area contributed by atoms with Gasteiger partial charge in [0, 0.05) is 86.4 Å². The lowest BCUT2D eigenvalue weighted by molar-refractivity contribution is -0.131. The van der Waals surface area contributed by atoms with Crippen LogP contribution in [0.4, 0.5) is 21.7 Å². The first-order valence-corrected chi connectivity index (χ1v) is 14.4. The van der Waals surface area contributed by atoms with Gasteiger partial charge in [-0.3, -0.25) is 14.4 Å². The number of nitrogens with zero attached hydrogens (tertiary/aromatic N) is 6. The summed E-state index contributed by atoms with van der Waals surface area (Å²) in [4.78, 5) is 26.2. The average Bonchev–Trinajstić information content (AvgIpc) is 3.31. The summed E-state index contributed by atoms with van der Waals surface area (Å²) in [5, 5.41) is 12.8. The number of nitrogens with one attached hydrogen (secondary N) is 2. The Morgan fingerprint density at radius 3 is 2.74 bits per heavy atom. The summed E-state index contributed by atoms with van der Waals surface area (Å²) in [6, 6.07) is 7.17. The Bertz CT molecular complexity index is 1650. The van der Waals surface area contributed by atoms with E-state index in [9.17, 15) is 4.79 Å². The first kappa shape index (κ1) is 26.6. The van der Waals surface area contributed by atoms with Gasteiger partial charge >= 0.3 is 0 Å². The van der Waals surface area contributed by atoms with Crippen LogP contribution in [0.5, 0.6) is 5.88 Å². The number of fused-ring (bicyclic) bond motifs is 3. The molecule has 0 spiro atoms. The molecule has 7 rings (SSSR count). The van der Waals surface area contributed by atoms with Crippen LogP contribution in [0, 0.1) is 12.7 Å². The molecule has 2 N–H and O–H groups in total. The molecule has 0 unspecified atom stereocenters. The lowest BCUT2D eigenvalue weighted by Crippen LogP contribution is -2.43. The van der Waals surface area contributed by atoms with Crippen LogP contribution in [-0.4, -0.2) is 94.5 Å². The fourth-order valence-electron chi connectivity index (χ4n) is 5.84. The van der Waals surface area contributed by atoms with Gasteiger partial charge in [0.15, 0.2) is 5.82 Å². The molecule has 0 saturated carbocycles. The third-order valence-electron chi connectivity index (χ3n) is 8.23. The highest BCUT2D eigenvalue weighted by Crippen LogP contribution is 2.37. The van der Waals surface area contributed by atoms with E-state index in [4.69, 9.17) is 9.47 Å². The Labute approximate surface area is 242 Å². The van der Waals surface area contributed by atoms with Crippen molar-refractivity contribution >= 4 is 34.0 Å². The molecule has 3 aliphatic heterocycles. The Hall–Kier alpha value is -4.29. The number of benzene rings is 1. The van der Waals surface area contributed by atoms with Crippen molar-refractivity contribution in [3.05, 3.63) is 53.7 Å². The van der Waals surface area contributed by atoms with Crippen molar-refractivity contribution in [3.63, 3.8) is 0 Å². The molecule has 3 aromatic heterocycles. The largest absolute Gasteiger partial charge is 0.474 e. The summed E-state index contributed by atoms with van der Waals surface area (Å²) >= 11 is 0. The maximum absolute atomic E-state index is 15.3. The van der Waals surface area contributed by atoms with E-state index in [1.807, 2.05) is 30.0 Å². The number of carbonyl (C=O) groups excluding carboxylic acids is 1. The smallest absolute Gasteiger partial charge is 0.244 e. The van der Waals surface area contributed by atoms with Crippen LogP contribution >= 0.6 is 0 Å². The number of hydrogen-bond acceptors (Lipinski definition) is 9. The highest BCUT2D eigenvalue weighted by atomic mass is 19.1. The second-order valence-corrected chi connectivity index (χ2v) is 10.9. The highest BCUT2D eigenvalue weighted by molar-refractivity contribution is 5.90. The van der Waals surface area contributed by atoms with E-state index in [-0.39, 0.29) is 18.3 Å². The Morgan fingerprint density at radius 2 is 1.86 bits per heavy atom. The molecule has 1 saturated heterocycles. The number of rotatable bonds is 6. The monoisotopic (exact) mass is 572 g/mol. The molecule has 42 heavy (non-hydrogen) atoms. The third kappa shape index (κ3) is 5.23. The van der Waals surface area contributed by atoms with Crippen molar-refractivity contribution in [2.75, 3.05) is 69.7 Å². The van der Waals surface area contributed by atoms with Gasteiger partial charge in [-0.1, -0.05) is 0 Å². The number of morpholine rings is 1.